The average molecular weight is 476 g/mol. The summed E-state index contributed by atoms with van der Waals surface area (Å²) in [6.07, 6.45) is 1.93. The number of anilines is 1. The molecule has 2 aromatic carbocycles. The van der Waals surface area contributed by atoms with Gasteiger partial charge in [-0.05, 0) is 61.2 Å². The van der Waals surface area contributed by atoms with Crippen molar-refractivity contribution in [1.82, 2.24) is 9.62 Å². The van der Waals surface area contributed by atoms with Crippen LogP contribution in [0.3, 0.4) is 0 Å². The third kappa shape index (κ3) is 5.82. The lowest BCUT2D eigenvalue weighted by Crippen LogP contribution is -2.48. The molecule has 0 bridgehead atoms. The van der Waals surface area contributed by atoms with E-state index in [1.807, 2.05) is 0 Å². The van der Waals surface area contributed by atoms with E-state index < -0.39 is 16.1 Å². The van der Waals surface area contributed by atoms with Gasteiger partial charge in [0.2, 0.25) is 21.8 Å². The van der Waals surface area contributed by atoms with E-state index in [0.717, 1.165) is 12.8 Å². The number of hydrogen-bond acceptors (Lipinski definition) is 6. The van der Waals surface area contributed by atoms with Gasteiger partial charge in [0, 0.05) is 25.7 Å². The van der Waals surface area contributed by atoms with Crippen LogP contribution in [0.2, 0.25) is 0 Å². The van der Waals surface area contributed by atoms with Crippen molar-refractivity contribution >= 4 is 27.5 Å². The molecule has 9 nitrogen and oxygen atoms in total. The molecule has 0 radical (unpaired) electrons. The van der Waals surface area contributed by atoms with Gasteiger partial charge in [-0.3, -0.25) is 9.59 Å². The van der Waals surface area contributed by atoms with E-state index in [4.69, 9.17) is 9.47 Å². The van der Waals surface area contributed by atoms with Crippen molar-refractivity contribution in [2.24, 2.45) is 0 Å². The van der Waals surface area contributed by atoms with E-state index in [-0.39, 0.29) is 23.3 Å². The van der Waals surface area contributed by atoms with Crippen LogP contribution in [-0.4, -0.2) is 51.3 Å². The molecule has 0 spiro atoms. The van der Waals surface area contributed by atoms with Crippen molar-refractivity contribution in [1.29, 1.82) is 0 Å². The summed E-state index contributed by atoms with van der Waals surface area (Å²) in [5, 5.41) is 5.44. The Balaban J connectivity index is 2.00. The maximum absolute atomic E-state index is 13.7. The van der Waals surface area contributed by atoms with Gasteiger partial charge in [0.15, 0.2) is 11.5 Å². The summed E-state index contributed by atoms with van der Waals surface area (Å²) < 4.78 is 39.3. The molecule has 2 aromatic rings. The van der Waals surface area contributed by atoms with Gasteiger partial charge in [-0.25, -0.2) is 8.42 Å². The van der Waals surface area contributed by atoms with Crippen LogP contribution >= 0.6 is 0 Å². The van der Waals surface area contributed by atoms with Crippen LogP contribution in [0.25, 0.3) is 0 Å². The van der Waals surface area contributed by atoms with E-state index in [0.29, 0.717) is 35.7 Å². The van der Waals surface area contributed by atoms with Crippen molar-refractivity contribution in [3.63, 3.8) is 0 Å². The van der Waals surface area contributed by atoms with Crippen molar-refractivity contribution in [2.75, 3.05) is 26.1 Å². The molecular formula is C23H29N3O6S. The minimum Gasteiger partial charge on any atom is -0.493 e. The predicted octanol–water partition coefficient (Wildman–Crippen LogP) is 2.52. The molecule has 10 heteroatoms. The zero-order valence-corrected chi connectivity index (χ0v) is 19.8. The van der Waals surface area contributed by atoms with E-state index in [2.05, 4.69) is 10.6 Å². The summed E-state index contributed by atoms with van der Waals surface area (Å²) in [6.45, 7) is 1.87. The first kappa shape index (κ1) is 24.5. The first-order valence-corrected chi connectivity index (χ1v) is 12.1. The third-order valence-electron chi connectivity index (χ3n) is 5.42. The number of nitrogens with one attached hydrogen (secondary N) is 2. The molecule has 1 heterocycles. The summed E-state index contributed by atoms with van der Waals surface area (Å²) in [6, 6.07) is 10.2. The first-order valence-electron chi connectivity index (χ1n) is 10.6. The number of ether oxygens (including phenoxy) is 2. The second-order valence-electron chi connectivity index (χ2n) is 7.75. The number of nitrogens with zero attached hydrogens (tertiary/aromatic N) is 1. The Kier molecular flexibility index (Phi) is 7.93. The van der Waals surface area contributed by atoms with Gasteiger partial charge in [0.05, 0.1) is 19.1 Å². The third-order valence-corrected chi connectivity index (χ3v) is 7.29. The van der Waals surface area contributed by atoms with E-state index in [1.165, 1.54) is 49.7 Å². The van der Waals surface area contributed by atoms with Crippen LogP contribution in [0.1, 0.15) is 31.7 Å². The molecule has 1 saturated heterocycles. The number of benzene rings is 2. The maximum Gasteiger partial charge on any atom is 0.244 e. The zero-order valence-electron chi connectivity index (χ0n) is 19.0. The van der Waals surface area contributed by atoms with Crippen molar-refractivity contribution in [3.05, 3.63) is 48.0 Å². The fourth-order valence-corrected chi connectivity index (χ4v) is 5.37. The SMILES string of the molecule is COc1ccc(CN(C2CCCCNC2=O)S(=O)(=O)c2ccc(NC(C)=O)cc2)cc1OC. The van der Waals surface area contributed by atoms with Gasteiger partial charge in [-0.2, -0.15) is 4.31 Å². The highest BCUT2D eigenvalue weighted by molar-refractivity contribution is 7.89. The molecule has 33 heavy (non-hydrogen) atoms. The fourth-order valence-electron chi connectivity index (χ4n) is 3.77. The van der Waals surface area contributed by atoms with Gasteiger partial charge in [0.25, 0.3) is 0 Å². The lowest BCUT2D eigenvalue weighted by molar-refractivity contribution is -0.124. The monoisotopic (exact) mass is 475 g/mol. The number of carbonyl (C=O) groups is 2. The van der Waals surface area contributed by atoms with Crippen molar-refractivity contribution in [3.8, 4) is 11.5 Å². The van der Waals surface area contributed by atoms with Crippen LogP contribution in [0.15, 0.2) is 47.4 Å². The number of methoxy groups -OCH3 is 2. The van der Waals surface area contributed by atoms with Crippen LogP contribution in [0.4, 0.5) is 5.69 Å². The van der Waals surface area contributed by atoms with Crippen LogP contribution < -0.4 is 20.1 Å². The second kappa shape index (κ2) is 10.7. The molecule has 0 aromatic heterocycles. The highest BCUT2D eigenvalue weighted by Gasteiger charge is 2.36. The number of rotatable bonds is 8. The summed E-state index contributed by atoms with van der Waals surface area (Å²) >= 11 is 0. The summed E-state index contributed by atoms with van der Waals surface area (Å²) in [4.78, 5) is 24.1. The zero-order chi connectivity index (χ0) is 24.0. The molecule has 1 unspecified atom stereocenters. The molecule has 1 atom stereocenters. The van der Waals surface area contributed by atoms with Crippen molar-refractivity contribution < 1.29 is 27.5 Å². The topological polar surface area (TPSA) is 114 Å². The van der Waals surface area contributed by atoms with Gasteiger partial charge in [-0.1, -0.05) is 6.07 Å². The highest BCUT2D eigenvalue weighted by Crippen LogP contribution is 2.31. The van der Waals surface area contributed by atoms with Crippen LogP contribution in [0, 0.1) is 0 Å². The van der Waals surface area contributed by atoms with Gasteiger partial charge < -0.3 is 20.1 Å². The number of hydrogen-bond donors (Lipinski definition) is 2. The van der Waals surface area contributed by atoms with Gasteiger partial charge in [0.1, 0.15) is 6.04 Å². The lowest BCUT2D eigenvalue weighted by Gasteiger charge is -2.29. The molecule has 0 saturated carbocycles. The molecular weight excluding hydrogens is 446 g/mol. The standard InChI is InChI=1S/C23H29N3O6S/c1-16(27)25-18-8-10-19(11-9-18)33(29,30)26(20-6-4-5-13-24-23(20)28)15-17-7-12-21(31-2)22(14-17)32-3/h7-12,14,20H,4-6,13,15H2,1-3H3,(H,24,28)(H,25,27). The second-order valence-corrected chi connectivity index (χ2v) is 9.64. The fraction of sp³-hybridized carbons (Fsp3) is 0.391. The molecule has 1 aliphatic heterocycles. The van der Waals surface area contributed by atoms with E-state index in [9.17, 15) is 18.0 Å². The highest BCUT2D eigenvalue weighted by atomic mass is 32.2. The van der Waals surface area contributed by atoms with Crippen LogP contribution in [0.5, 0.6) is 11.5 Å². The molecule has 1 fully saturated rings. The Morgan fingerprint density at radius 2 is 1.79 bits per heavy atom. The predicted molar refractivity (Wildman–Crippen MR) is 124 cm³/mol. The van der Waals surface area contributed by atoms with E-state index >= 15 is 0 Å². The normalized spacial score (nSPS) is 16.6. The lowest BCUT2D eigenvalue weighted by atomic mass is 10.1. The molecule has 178 valence electrons. The Hall–Kier alpha value is -3.11. The minimum atomic E-state index is -4.04. The Morgan fingerprint density at radius 3 is 2.42 bits per heavy atom. The molecule has 2 amide bonds. The number of carbonyl (C=O) groups excluding carboxylic acids is 2. The maximum atomic E-state index is 13.7. The number of sulfonamides is 1. The van der Waals surface area contributed by atoms with Gasteiger partial charge >= 0.3 is 0 Å². The average Bonchev–Trinajstić information content (AvgIpc) is 3.01. The Labute approximate surface area is 194 Å². The molecule has 0 aliphatic carbocycles. The summed E-state index contributed by atoms with van der Waals surface area (Å²) in [5.74, 6) is 0.427. The van der Waals surface area contributed by atoms with Crippen molar-refractivity contribution in [2.45, 2.75) is 43.7 Å². The largest absolute Gasteiger partial charge is 0.493 e. The number of amides is 2. The quantitative estimate of drug-likeness (QED) is 0.607. The molecule has 1 aliphatic rings. The summed E-state index contributed by atoms with van der Waals surface area (Å²) in [5.41, 5.74) is 1.14. The molecule has 2 N–H and O–H groups in total. The van der Waals surface area contributed by atoms with Crippen LogP contribution in [-0.2, 0) is 26.2 Å². The summed E-state index contributed by atoms with van der Waals surface area (Å²) in [7, 11) is -1.01. The first-order chi connectivity index (χ1) is 15.8. The minimum absolute atomic E-state index is 0.0196. The Bertz CT molecular complexity index is 1100. The smallest absolute Gasteiger partial charge is 0.244 e. The molecule has 3 rings (SSSR count). The Morgan fingerprint density at radius 1 is 1.09 bits per heavy atom. The van der Waals surface area contributed by atoms with E-state index in [1.54, 1.807) is 18.2 Å². The van der Waals surface area contributed by atoms with Gasteiger partial charge in [-0.15, -0.1) is 0 Å².